The van der Waals surface area contributed by atoms with Crippen LogP contribution in [0.25, 0.3) is 33.2 Å². The van der Waals surface area contributed by atoms with Crippen molar-refractivity contribution in [3.8, 4) is 17.3 Å². The van der Waals surface area contributed by atoms with Crippen molar-refractivity contribution in [3.63, 3.8) is 0 Å². The van der Waals surface area contributed by atoms with Gasteiger partial charge in [0.05, 0.1) is 46.3 Å². The first-order valence-corrected chi connectivity index (χ1v) is 6.44. The molecule has 0 aliphatic carbocycles. The van der Waals surface area contributed by atoms with Gasteiger partial charge in [-0.25, -0.2) is 4.98 Å². The highest BCUT2D eigenvalue weighted by atomic mass is 15.1. The fourth-order valence-electron chi connectivity index (χ4n) is 2.30. The summed E-state index contributed by atoms with van der Waals surface area (Å²) in [6.45, 7) is 0. The third kappa shape index (κ3) is 1.90. The Balaban J connectivity index is 1.88. The minimum absolute atomic E-state index is 0.632. The zero-order valence-corrected chi connectivity index (χ0v) is 10.9. The van der Waals surface area contributed by atoms with Crippen LogP contribution in [0.4, 0.5) is 0 Å². The number of benzene rings is 2. The summed E-state index contributed by atoms with van der Waals surface area (Å²) in [6, 6.07) is 13.3. The van der Waals surface area contributed by atoms with Gasteiger partial charge in [-0.1, -0.05) is 12.1 Å². The van der Waals surface area contributed by atoms with Crippen molar-refractivity contribution in [2.75, 3.05) is 0 Å². The van der Waals surface area contributed by atoms with Crippen molar-refractivity contribution >= 4 is 21.9 Å². The van der Waals surface area contributed by atoms with E-state index in [4.69, 9.17) is 5.26 Å². The van der Waals surface area contributed by atoms with Crippen LogP contribution in [0.1, 0.15) is 5.56 Å². The van der Waals surface area contributed by atoms with Crippen molar-refractivity contribution in [1.82, 2.24) is 20.2 Å². The van der Waals surface area contributed by atoms with Gasteiger partial charge >= 0.3 is 0 Å². The minimum Gasteiger partial charge on any atom is -0.278 e. The van der Waals surface area contributed by atoms with E-state index in [2.05, 4.69) is 26.2 Å². The Morgan fingerprint density at radius 1 is 1.00 bits per heavy atom. The number of nitrogens with one attached hydrogen (secondary N) is 1. The predicted octanol–water partition coefficient (Wildman–Crippen LogP) is 3.04. The molecule has 0 bridgehead atoms. The van der Waals surface area contributed by atoms with Gasteiger partial charge in [-0.2, -0.15) is 10.4 Å². The van der Waals surface area contributed by atoms with Crippen LogP contribution >= 0.6 is 0 Å². The molecule has 0 unspecified atom stereocenters. The van der Waals surface area contributed by atoms with Crippen molar-refractivity contribution in [3.05, 3.63) is 54.4 Å². The number of hydrogen-bond acceptors (Lipinski definition) is 4. The van der Waals surface area contributed by atoms with E-state index >= 15 is 0 Å². The minimum atomic E-state index is 0.632. The Labute approximate surface area is 119 Å². The van der Waals surface area contributed by atoms with Crippen LogP contribution in [-0.2, 0) is 0 Å². The molecule has 0 radical (unpaired) electrons. The molecular weight excluding hydrogens is 262 g/mol. The molecule has 0 fully saturated rings. The molecule has 0 amide bonds. The van der Waals surface area contributed by atoms with Gasteiger partial charge in [0.25, 0.3) is 0 Å². The summed E-state index contributed by atoms with van der Waals surface area (Å²) in [6.07, 6.45) is 3.51. The van der Waals surface area contributed by atoms with Crippen LogP contribution in [0.5, 0.6) is 0 Å². The fraction of sp³-hybridized carbons (Fsp3) is 0. The van der Waals surface area contributed by atoms with Gasteiger partial charge in [-0.15, -0.1) is 0 Å². The van der Waals surface area contributed by atoms with Gasteiger partial charge in [0.2, 0.25) is 0 Å². The molecule has 1 N–H and O–H groups in total. The Kier molecular flexibility index (Phi) is 2.42. The van der Waals surface area contributed by atoms with Crippen LogP contribution in [0.15, 0.2) is 48.8 Å². The van der Waals surface area contributed by atoms with E-state index < -0.39 is 0 Å². The number of aromatic nitrogens is 4. The summed E-state index contributed by atoms with van der Waals surface area (Å²) >= 11 is 0. The van der Waals surface area contributed by atoms with Gasteiger partial charge < -0.3 is 0 Å². The fourth-order valence-corrected chi connectivity index (χ4v) is 2.30. The summed E-state index contributed by atoms with van der Waals surface area (Å²) in [5, 5.41) is 16.8. The maximum atomic E-state index is 8.83. The zero-order chi connectivity index (χ0) is 14.2. The van der Waals surface area contributed by atoms with E-state index in [9.17, 15) is 0 Å². The second-order valence-electron chi connectivity index (χ2n) is 4.74. The normalized spacial score (nSPS) is 10.8. The molecule has 4 aromatic rings. The smallest absolute Gasteiger partial charge is 0.0991 e. The quantitative estimate of drug-likeness (QED) is 0.577. The van der Waals surface area contributed by atoms with Crippen molar-refractivity contribution in [2.24, 2.45) is 0 Å². The molecule has 0 saturated carbocycles. The summed E-state index contributed by atoms with van der Waals surface area (Å²) in [5.41, 5.74) is 4.95. The molecule has 2 heterocycles. The Morgan fingerprint density at radius 3 is 2.67 bits per heavy atom. The van der Waals surface area contributed by atoms with Crippen LogP contribution in [0.3, 0.4) is 0 Å². The molecule has 2 aromatic carbocycles. The van der Waals surface area contributed by atoms with Gasteiger partial charge in [-0.05, 0) is 24.3 Å². The van der Waals surface area contributed by atoms with E-state index in [0.717, 1.165) is 33.2 Å². The summed E-state index contributed by atoms with van der Waals surface area (Å²) < 4.78 is 0. The average Bonchev–Trinajstić information content (AvgIpc) is 2.99. The average molecular weight is 271 g/mol. The molecule has 21 heavy (non-hydrogen) atoms. The lowest BCUT2D eigenvalue weighted by molar-refractivity contribution is 1.12. The Bertz CT molecular complexity index is 993. The number of nitriles is 1. The lowest BCUT2D eigenvalue weighted by Crippen LogP contribution is -1.89. The lowest BCUT2D eigenvalue weighted by Gasteiger charge is -2.03. The molecule has 2 aromatic heterocycles. The van der Waals surface area contributed by atoms with Crippen LogP contribution in [0, 0.1) is 11.3 Å². The highest BCUT2D eigenvalue weighted by molar-refractivity contribution is 5.92. The van der Waals surface area contributed by atoms with Crippen molar-refractivity contribution < 1.29 is 0 Å². The molecule has 0 atom stereocenters. The molecule has 4 rings (SSSR count). The summed E-state index contributed by atoms with van der Waals surface area (Å²) in [7, 11) is 0. The van der Waals surface area contributed by atoms with Gasteiger partial charge in [-0.3, -0.25) is 10.1 Å². The number of aromatic amines is 1. The second-order valence-corrected chi connectivity index (χ2v) is 4.74. The van der Waals surface area contributed by atoms with E-state index in [1.54, 1.807) is 24.5 Å². The highest BCUT2D eigenvalue weighted by Gasteiger charge is 2.05. The number of H-pyrrole nitrogens is 1. The van der Waals surface area contributed by atoms with Crippen LogP contribution in [-0.4, -0.2) is 20.2 Å². The van der Waals surface area contributed by atoms with Gasteiger partial charge in [0.15, 0.2) is 0 Å². The first kappa shape index (κ1) is 11.6. The molecule has 5 heteroatoms. The predicted molar refractivity (Wildman–Crippen MR) is 79.3 cm³/mol. The standard InChI is InChI=1S/C16H9N5/c17-7-10-1-3-11(4-2-10)16-9-18-14-6-13-12(8-19-21-13)5-15(14)20-16/h1-6,8-9H,(H,19,21). The summed E-state index contributed by atoms with van der Waals surface area (Å²) in [5.74, 6) is 0. The summed E-state index contributed by atoms with van der Waals surface area (Å²) in [4.78, 5) is 9.10. The molecule has 0 saturated heterocycles. The van der Waals surface area contributed by atoms with E-state index in [-0.39, 0.29) is 0 Å². The first-order valence-electron chi connectivity index (χ1n) is 6.44. The highest BCUT2D eigenvalue weighted by Crippen LogP contribution is 2.22. The van der Waals surface area contributed by atoms with Crippen LogP contribution < -0.4 is 0 Å². The van der Waals surface area contributed by atoms with E-state index in [1.165, 1.54) is 0 Å². The SMILES string of the molecule is N#Cc1ccc(-c2cnc3cc4[nH]ncc4cc3n2)cc1. The molecule has 98 valence electrons. The third-order valence-electron chi connectivity index (χ3n) is 3.41. The maximum absolute atomic E-state index is 8.83. The number of fused-ring (bicyclic) bond motifs is 2. The van der Waals surface area contributed by atoms with Crippen molar-refractivity contribution in [2.45, 2.75) is 0 Å². The van der Waals surface area contributed by atoms with Gasteiger partial charge in [0, 0.05) is 10.9 Å². The number of rotatable bonds is 1. The van der Waals surface area contributed by atoms with E-state index in [0.29, 0.717) is 5.56 Å². The van der Waals surface area contributed by atoms with Crippen molar-refractivity contribution in [1.29, 1.82) is 5.26 Å². The maximum Gasteiger partial charge on any atom is 0.0991 e. The Morgan fingerprint density at radius 2 is 1.86 bits per heavy atom. The molecule has 0 spiro atoms. The van der Waals surface area contributed by atoms with E-state index in [1.807, 2.05) is 24.3 Å². The molecule has 5 nitrogen and oxygen atoms in total. The monoisotopic (exact) mass is 271 g/mol. The third-order valence-corrected chi connectivity index (χ3v) is 3.41. The lowest BCUT2D eigenvalue weighted by atomic mass is 10.1. The number of hydrogen-bond donors (Lipinski definition) is 1. The second kappa shape index (κ2) is 4.39. The van der Waals surface area contributed by atoms with Gasteiger partial charge in [0.1, 0.15) is 0 Å². The molecular formula is C16H9N5. The first-order chi connectivity index (χ1) is 10.3. The van der Waals surface area contributed by atoms with Crippen LogP contribution in [0.2, 0.25) is 0 Å². The zero-order valence-electron chi connectivity index (χ0n) is 10.9. The Hall–Kier alpha value is -3.26. The molecule has 0 aliphatic rings. The molecule has 0 aliphatic heterocycles. The topological polar surface area (TPSA) is 78.2 Å². The largest absolute Gasteiger partial charge is 0.278 e. The number of nitrogens with zero attached hydrogens (tertiary/aromatic N) is 4.